The zero-order chi connectivity index (χ0) is 17.9. The monoisotopic (exact) mass is 350 g/mol. The summed E-state index contributed by atoms with van der Waals surface area (Å²) in [6, 6.07) is 12.3. The second-order valence-electron chi connectivity index (χ2n) is 5.06. The Morgan fingerprint density at radius 2 is 2.04 bits per heavy atom. The highest BCUT2D eigenvalue weighted by Crippen LogP contribution is 2.17. The van der Waals surface area contributed by atoms with E-state index in [1.807, 2.05) is 30.3 Å². The summed E-state index contributed by atoms with van der Waals surface area (Å²) in [6.07, 6.45) is 2.99. The molecule has 4 rings (SSSR count). The topological polar surface area (TPSA) is 137 Å². The Hall–Kier alpha value is -4.15. The van der Waals surface area contributed by atoms with Crippen molar-refractivity contribution in [2.45, 2.75) is 0 Å². The first-order valence-corrected chi connectivity index (χ1v) is 7.38. The van der Waals surface area contributed by atoms with Crippen molar-refractivity contribution in [2.75, 3.05) is 5.43 Å². The number of fused-ring (bicyclic) bond motifs is 1. The van der Waals surface area contributed by atoms with Crippen LogP contribution in [0.5, 0.6) is 0 Å². The minimum atomic E-state index is -0.630. The molecule has 0 radical (unpaired) electrons. The average molecular weight is 350 g/mol. The minimum Gasteiger partial charge on any atom is -0.400 e. The minimum absolute atomic E-state index is 0.131. The van der Waals surface area contributed by atoms with E-state index in [0.29, 0.717) is 5.78 Å². The molecule has 0 bridgehead atoms. The fourth-order valence-electron chi connectivity index (χ4n) is 2.17. The normalized spacial score (nSPS) is 11.2. The van der Waals surface area contributed by atoms with Crippen LogP contribution in [0, 0.1) is 10.1 Å². The number of nitrogens with zero attached hydrogens (tertiary/aromatic N) is 7. The average Bonchev–Trinajstić information content (AvgIpc) is 3.29. The smallest absolute Gasteiger partial charge is 0.400 e. The van der Waals surface area contributed by atoms with Crippen LogP contribution in [0.1, 0.15) is 5.76 Å². The molecular weight excluding hydrogens is 340 g/mol. The van der Waals surface area contributed by atoms with Gasteiger partial charge in [0.05, 0.1) is 24.2 Å². The van der Waals surface area contributed by atoms with Crippen molar-refractivity contribution in [3.63, 3.8) is 0 Å². The molecule has 26 heavy (non-hydrogen) atoms. The van der Waals surface area contributed by atoms with Crippen LogP contribution in [0.25, 0.3) is 17.0 Å². The third-order valence-electron chi connectivity index (χ3n) is 3.32. The van der Waals surface area contributed by atoms with Gasteiger partial charge in [0.2, 0.25) is 0 Å². The number of anilines is 1. The van der Waals surface area contributed by atoms with Gasteiger partial charge in [0.15, 0.2) is 5.76 Å². The van der Waals surface area contributed by atoms with E-state index in [9.17, 15) is 10.1 Å². The Bertz CT molecular complexity index is 1100. The fourth-order valence-corrected chi connectivity index (χ4v) is 2.17. The summed E-state index contributed by atoms with van der Waals surface area (Å²) >= 11 is 0. The van der Waals surface area contributed by atoms with Crippen molar-refractivity contribution in [1.82, 2.24) is 24.8 Å². The van der Waals surface area contributed by atoms with Gasteiger partial charge >= 0.3 is 5.88 Å². The standard InChI is InChI=1S/C15H10N8O3/c24-23(25)13-7-6-11(26-13)8-16-18-14-19-20-15-17-12(9-22(15)21-14)10-4-2-1-3-5-10/h1-9H,(H,18,21). The molecule has 0 saturated carbocycles. The highest BCUT2D eigenvalue weighted by Gasteiger charge is 2.10. The maximum Gasteiger partial charge on any atom is 0.433 e. The number of imidazole rings is 1. The van der Waals surface area contributed by atoms with Crippen LogP contribution < -0.4 is 5.43 Å². The maximum atomic E-state index is 10.6. The number of nitrogens with one attached hydrogen (secondary N) is 1. The fraction of sp³-hybridized carbons (Fsp3) is 0. The third kappa shape index (κ3) is 3.08. The Kier molecular flexibility index (Phi) is 3.78. The van der Waals surface area contributed by atoms with Crippen LogP contribution in [0.2, 0.25) is 0 Å². The van der Waals surface area contributed by atoms with Gasteiger partial charge in [-0.3, -0.25) is 10.1 Å². The molecule has 0 aliphatic carbocycles. The summed E-state index contributed by atoms with van der Waals surface area (Å²) in [6.45, 7) is 0. The lowest BCUT2D eigenvalue weighted by molar-refractivity contribution is -0.402. The predicted molar refractivity (Wildman–Crippen MR) is 90.6 cm³/mol. The number of hydrogen-bond donors (Lipinski definition) is 1. The Balaban J connectivity index is 1.52. The molecule has 1 N–H and O–H groups in total. The van der Waals surface area contributed by atoms with Gasteiger partial charge in [0.1, 0.15) is 4.92 Å². The molecule has 11 nitrogen and oxygen atoms in total. The number of aromatic nitrogens is 5. The lowest BCUT2D eigenvalue weighted by Crippen LogP contribution is -2.03. The van der Waals surface area contributed by atoms with Crippen molar-refractivity contribution in [3.05, 3.63) is 64.5 Å². The van der Waals surface area contributed by atoms with Gasteiger partial charge in [0, 0.05) is 5.56 Å². The largest absolute Gasteiger partial charge is 0.433 e. The van der Waals surface area contributed by atoms with Crippen LogP contribution in [0.3, 0.4) is 0 Å². The molecule has 3 aromatic heterocycles. The number of nitro groups is 1. The number of benzene rings is 1. The van der Waals surface area contributed by atoms with Gasteiger partial charge in [0.25, 0.3) is 11.7 Å². The van der Waals surface area contributed by atoms with Gasteiger partial charge in [-0.1, -0.05) is 30.3 Å². The summed E-state index contributed by atoms with van der Waals surface area (Å²) in [5.74, 6) is 0.330. The Morgan fingerprint density at radius 1 is 1.19 bits per heavy atom. The maximum absolute atomic E-state index is 10.6. The second kappa shape index (κ2) is 6.39. The van der Waals surface area contributed by atoms with Gasteiger partial charge in [-0.25, -0.2) is 10.4 Å². The Labute approximate surface area is 145 Å². The van der Waals surface area contributed by atoms with Crippen LogP contribution in [0.15, 0.2) is 58.2 Å². The number of rotatable bonds is 5. The molecule has 4 aromatic rings. The third-order valence-corrected chi connectivity index (χ3v) is 3.32. The van der Waals surface area contributed by atoms with E-state index in [4.69, 9.17) is 4.42 Å². The van der Waals surface area contributed by atoms with E-state index in [0.717, 1.165) is 11.3 Å². The summed E-state index contributed by atoms with van der Waals surface area (Å²) in [4.78, 5) is 14.3. The van der Waals surface area contributed by atoms with E-state index in [1.54, 1.807) is 6.20 Å². The number of hydrazone groups is 1. The van der Waals surface area contributed by atoms with E-state index >= 15 is 0 Å². The summed E-state index contributed by atoms with van der Waals surface area (Å²) in [5.41, 5.74) is 4.23. The van der Waals surface area contributed by atoms with Crippen molar-refractivity contribution >= 4 is 23.8 Å². The quantitative estimate of drug-likeness (QED) is 0.328. The molecule has 1 aromatic carbocycles. The van der Waals surface area contributed by atoms with Gasteiger partial charge < -0.3 is 4.42 Å². The molecule has 0 unspecified atom stereocenters. The van der Waals surface area contributed by atoms with E-state index in [2.05, 4.69) is 30.8 Å². The Morgan fingerprint density at radius 3 is 2.81 bits per heavy atom. The zero-order valence-electron chi connectivity index (χ0n) is 13.1. The predicted octanol–water partition coefficient (Wildman–Crippen LogP) is 2.13. The molecule has 0 spiro atoms. The van der Waals surface area contributed by atoms with Crippen molar-refractivity contribution in [1.29, 1.82) is 0 Å². The molecule has 0 fully saturated rings. The first-order valence-electron chi connectivity index (χ1n) is 7.38. The lowest BCUT2D eigenvalue weighted by atomic mass is 10.2. The second-order valence-corrected chi connectivity index (χ2v) is 5.06. The first-order chi connectivity index (χ1) is 12.7. The van der Waals surface area contributed by atoms with Gasteiger partial charge in [-0.15, -0.1) is 15.3 Å². The lowest BCUT2D eigenvalue weighted by Gasteiger charge is -1.96. The van der Waals surface area contributed by atoms with Crippen molar-refractivity contribution < 1.29 is 9.34 Å². The molecule has 0 atom stereocenters. The number of furan rings is 1. The SMILES string of the molecule is O=[N+]([O-])c1ccc(C=NNc2nnc3nc(-c4ccccc4)cn3n2)o1. The zero-order valence-corrected chi connectivity index (χ0v) is 13.1. The molecule has 0 aliphatic rings. The molecule has 0 aliphatic heterocycles. The van der Waals surface area contributed by atoms with Gasteiger partial charge in [-0.2, -0.15) is 9.62 Å². The highest BCUT2D eigenvalue weighted by molar-refractivity contribution is 5.76. The van der Waals surface area contributed by atoms with E-state index < -0.39 is 4.92 Å². The van der Waals surface area contributed by atoms with Crippen LogP contribution in [0.4, 0.5) is 11.8 Å². The molecule has 11 heteroatoms. The molecule has 128 valence electrons. The van der Waals surface area contributed by atoms with E-state index in [-0.39, 0.29) is 17.6 Å². The molecular formula is C15H10N8O3. The van der Waals surface area contributed by atoms with Gasteiger partial charge in [-0.05, 0) is 6.07 Å². The molecule has 0 saturated heterocycles. The molecule has 0 amide bonds. The van der Waals surface area contributed by atoms with Crippen molar-refractivity contribution in [3.8, 4) is 11.3 Å². The summed E-state index contributed by atoms with van der Waals surface area (Å²) in [5, 5.41) is 26.5. The number of hydrogen-bond acceptors (Lipinski definition) is 9. The van der Waals surface area contributed by atoms with Crippen LogP contribution in [-0.2, 0) is 0 Å². The van der Waals surface area contributed by atoms with Crippen LogP contribution >= 0.6 is 0 Å². The van der Waals surface area contributed by atoms with Crippen molar-refractivity contribution in [2.24, 2.45) is 5.10 Å². The van der Waals surface area contributed by atoms with E-state index in [1.165, 1.54) is 22.9 Å². The molecule has 3 heterocycles. The summed E-state index contributed by atoms with van der Waals surface area (Å²) in [7, 11) is 0. The first kappa shape index (κ1) is 15.4. The highest BCUT2D eigenvalue weighted by atomic mass is 16.6. The summed E-state index contributed by atoms with van der Waals surface area (Å²) < 4.78 is 6.42. The van der Waals surface area contributed by atoms with Crippen LogP contribution in [-0.4, -0.2) is 35.9 Å².